The Labute approximate surface area is 266 Å². The fourth-order valence-corrected chi connectivity index (χ4v) is 6.48. The third-order valence-electron chi connectivity index (χ3n) is 8.79. The summed E-state index contributed by atoms with van der Waals surface area (Å²) in [5.74, 6) is 1.92. The summed E-state index contributed by atoms with van der Waals surface area (Å²) < 4.78 is 0. The van der Waals surface area contributed by atoms with E-state index in [0.29, 0.717) is 17.5 Å². The summed E-state index contributed by atoms with van der Waals surface area (Å²) in [7, 11) is 0. The van der Waals surface area contributed by atoms with E-state index in [-0.39, 0.29) is 0 Å². The van der Waals surface area contributed by atoms with Crippen molar-refractivity contribution in [3.05, 3.63) is 158 Å². The molecule has 0 fully saturated rings. The van der Waals surface area contributed by atoms with Crippen LogP contribution in [0.4, 0.5) is 0 Å². The van der Waals surface area contributed by atoms with Gasteiger partial charge in [0.1, 0.15) is 0 Å². The number of rotatable bonds is 5. The number of pyridine rings is 1. The highest BCUT2D eigenvalue weighted by Crippen LogP contribution is 2.39. The zero-order valence-corrected chi connectivity index (χ0v) is 24.8. The van der Waals surface area contributed by atoms with Gasteiger partial charge in [0.2, 0.25) is 0 Å². The van der Waals surface area contributed by atoms with Crippen molar-refractivity contribution in [3.63, 3.8) is 0 Å². The quantitative estimate of drug-likeness (QED) is 0.188. The summed E-state index contributed by atoms with van der Waals surface area (Å²) in [5, 5.41) is 7.72. The van der Waals surface area contributed by atoms with Gasteiger partial charge in [0.05, 0.1) is 0 Å². The first-order valence-electron chi connectivity index (χ1n) is 15.4. The molecule has 0 atom stereocenters. The molecule has 0 bridgehead atoms. The molecule has 0 saturated heterocycles. The summed E-state index contributed by atoms with van der Waals surface area (Å²) in [6.07, 6.45) is 3.66. The minimum absolute atomic E-state index is 0.637. The lowest BCUT2D eigenvalue weighted by molar-refractivity contribution is 1.07. The summed E-state index contributed by atoms with van der Waals surface area (Å²) in [5.41, 5.74) is 7.35. The van der Waals surface area contributed by atoms with Crippen molar-refractivity contribution < 1.29 is 0 Å². The lowest BCUT2D eigenvalue weighted by Gasteiger charge is -2.14. The molecule has 0 N–H and O–H groups in total. The Kier molecular flexibility index (Phi) is 6.10. The first kappa shape index (κ1) is 26.2. The minimum atomic E-state index is 0.637. The highest BCUT2D eigenvalue weighted by Gasteiger charge is 2.15. The van der Waals surface area contributed by atoms with Gasteiger partial charge in [-0.25, -0.2) is 15.0 Å². The van der Waals surface area contributed by atoms with Crippen LogP contribution in [0.1, 0.15) is 0 Å². The molecule has 0 aliphatic carbocycles. The highest BCUT2D eigenvalue weighted by atomic mass is 15.0. The van der Waals surface area contributed by atoms with E-state index in [0.717, 1.165) is 33.4 Å². The van der Waals surface area contributed by atoms with E-state index in [1.807, 2.05) is 42.6 Å². The largest absolute Gasteiger partial charge is 0.264 e. The molecular weight excluding hydrogens is 560 g/mol. The Hall–Kier alpha value is -6.26. The van der Waals surface area contributed by atoms with Crippen molar-refractivity contribution in [2.75, 3.05) is 0 Å². The van der Waals surface area contributed by atoms with E-state index < -0.39 is 0 Å². The van der Waals surface area contributed by atoms with E-state index in [4.69, 9.17) is 15.0 Å². The molecule has 4 nitrogen and oxygen atoms in total. The Morgan fingerprint density at radius 1 is 0.326 bits per heavy atom. The van der Waals surface area contributed by atoms with Gasteiger partial charge in [-0.2, -0.15) is 0 Å². The normalized spacial score (nSPS) is 11.5. The summed E-state index contributed by atoms with van der Waals surface area (Å²) >= 11 is 0. The zero-order valence-electron chi connectivity index (χ0n) is 24.8. The Morgan fingerprint density at radius 3 is 1.48 bits per heavy atom. The van der Waals surface area contributed by atoms with Crippen LogP contribution in [-0.4, -0.2) is 19.9 Å². The predicted octanol–water partition coefficient (Wildman–Crippen LogP) is 10.5. The Morgan fingerprint density at radius 2 is 0.848 bits per heavy atom. The van der Waals surface area contributed by atoms with Crippen LogP contribution >= 0.6 is 0 Å². The fraction of sp³-hybridized carbons (Fsp3) is 0. The number of hydrogen-bond acceptors (Lipinski definition) is 4. The maximum Gasteiger partial charge on any atom is 0.164 e. The van der Waals surface area contributed by atoms with Crippen molar-refractivity contribution in [1.29, 1.82) is 0 Å². The topological polar surface area (TPSA) is 51.6 Å². The third kappa shape index (κ3) is 4.47. The van der Waals surface area contributed by atoms with Crippen LogP contribution in [0, 0.1) is 0 Å². The SMILES string of the molecule is c1ccc(-c2nc(-c3ccc(-c4cccnc4)cc3)nc(-c3ccc(-c4ccc5ccc6cccc7ccc4c5c67)cc3)n2)cc1. The van der Waals surface area contributed by atoms with E-state index in [2.05, 4.69) is 114 Å². The maximum absolute atomic E-state index is 4.98. The summed E-state index contributed by atoms with van der Waals surface area (Å²) in [4.78, 5) is 19.1. The summed E-state index contributed by atoms with van der Waals surface area (Å²) in [6.45, 7) is 0. The van der Waals surface area contributed by atoms with Crippen LogP contribution < -0.4 is 0 Å². The van der Waals surface area contributed by atoms with E-state index >= 15 is 0 Å². The monoisotopic (exact) mass is 586 g/mol. The molecule has 0 unspecified atom stereocenters. The van der Waals surface area contributed by atoms with Crippen LogP contribution in [0.5, 0.6) is 0 Å². The number of nitrogens with zero attached hydrogens (tertiary/aromatic N) is 4. The smallest absolute Gasteiger partial charge is 0.164 e. The first-order chi connectivity index (χ1) is 22.8. The average molecular weight is 587 g/mol. The second-order valence-corrected chi connectivity index (χ2v) is 11.5. The molecule has 7 aromatic carbocycles. The molecule has 9 aromatic rings. The lowest BCUT2D eigenvalue weighted by Crippen LogP contribution is -2.00. The maximum atomic E-state index is 4.98. The number of hydrogen-bond donors (Lipinski definition) is 0. The summed E-state index contributed by atoms with van der Waals surface area (Å²) in [6, 6.07) is 50.9. The second-order valence-electron chi connectivity index (χ2n) is 11.5. The second kappa shape index (κ2) is 10.7. The minimum Gasteiger partial charge on any atom is -0.264 e. The van der Waals surface area contributed by atoms with E-state index in [1.165, 1.54) is 37.9 Å². The third-order valence-corrected chi connectivity index (χ3v) is 8.79. The van der Waals surface area contributed by atoms with Crippen LogP contribution in [-0.2, 0) is 0 Å². The van der Waals surface area contributed by atoms with Crippen molar-refractivity contribution in [1.82, 2.24) is 19.9 Å². The van der Waals surface area contributed by atoms with Crippen molar-refractivity contribution >= 4 is 32.3 Å². The van der Waals surface area contributed by atoms with Crippen LogP contribution in [0.3, 0.4) is 0 Å². The average Bonchev–Trinajstić information content (AvgIpc) is 3.14. The predicted molar refractivity (Wildman–Crippen MR) is 189 cm³/mol. The number of aromatic nitrogens is 4. The van der Waals surface area contributed by atoms with Gasteiger partial charge in [0.25, 0.3) is 0 Å². The molecule has 0 saturated carbocycles. The first-order valence-corrected chi connectivity index (χ1v) is 15.4. The molecule has 2 heterocycles. The van der Waals surface area contributed by atoms with Crippen LogP contribution in [0.2, 0.25) is 0 Å². The van der Waals surface area contributed by atoms with Gasteiger partial charge in [-0.1, -0.05) is 140 Å². The van der Waals surface area contributed by atoms with Crippen molar-refractivity contribution in [3.8, 4) is 56.4 Å². The van der Waals surface area contributed by atoms with Crippen molar-refractivity contribution in [2.24, 2.45) is 0 Å². The standard InChI is InChI=1S/C42H26N4/c1-2-6-32(7-3-1)40-44-41(33-17-11-27(12-18-33)35-10-5-25-43-26-35)46-42(45-40)34-19-13-28(14-20-34)36-23-21-31-16-15-29-8-4-9-30-22-24-37(36)39(31)38(29)30/h1-26H. The Bertz CT molecular complexity index is 2470. The fourth-order valence-electron chi connectivity index (χ4n) is 6.48. The molecule has 9 rings (SSSR count). The zero-order chi connectivity index (χ0) is 30.5. The van der Waals surface area contributed by atoms with Crippen LogP contribution in [0.25, 0.3) is 88.7 Å². The van der Waals surface area contributed by atoms with Crippen LogP contribution in [0.15, 0.2) is 158 Å². The van der Waals surface area contributed by atoms with Gasteiger partial charge in [0.15, 0.2) is 17.5 Å². The van der Waals surface area contributed by atoms with E-state index in [9.17, 15) is 0 Å². The van der Waals surface area contributed by atoms with Gasteiger partial charge in [-0.15, -0.1) is 0 Å². The molecule has 0 aliphatic heterocycles. The molecule has 0 spiro atoms. The van der Waals surface area contributed by atoms with Gasteiger partial charge < -0.3 is 0 Å². The molecule has 214 valence electrons. The number of benzene rings is 7. The molecule has 0 aliphatic rings. The Balaban J connectivity index is 1.13. The molecule has 46 heavy (non-hydrogen) atoms. The molecular formula is C42H26N4. The molecule has 4 heteroatoms. The molecule has 0 radical (unpaired) electrons. The van der Waals surface area contributed by atoms with Gasteiger partial charge in [-0.05, 0) is 60.6 Å². The molecule has 0 amide bonds. The lowest BCUT2D eigenvalue weighted by atomic mass is 9.90. The highest BCUT2D eigenvalue weighted by molar-refractivity contribution is 6.25. The van der Waals surface area contributed by atoms with Crippen molar-refractivity contribution in [2.45, 2.75) is 0 Å². The van der Waals surface area contributed by atoms with Gasteiger partial charge in [0, 0.05) is 29.1 Å². The van der Waals surface area contributed by atoms with Gasteiger partial charge in [-0.3, -0.25) is 4.98 Å². The molecule has 2 aromatic heterocycles. The van der Waals surface area contributed by atoms with E-state index in [1.54, 1.807) is 6.20 Å². The van der Waals surface area contributed by atoms with Gasteiger partial charge >= 0.3 is 0 Å².